The highest BCUT2D eigenvalue weighted by atomic mass is 14.2. The smallest absolute Gasteiger partial charge is 0.0912 e. The molecule has 0 heterocycles. The van der Waals surface area contributed by atoms with E-state index in [1.54, 1.807) is 6.08 Å². The van der Waals surface area contributed by atoms with E-state index >= 15 is 0 Å². The Kier molecular flexibility index (Phi) is 10.6. The van der Waals surface area contributed by atoms with E-state index in [1.807, 2.05) is 18.2 Å². The first-order chi connectivity index (χ1) is 13.3. The Balaban J connectivity index is 1.62. The van der Waals surface area contributed by atoms with Gasteiger partial charge in [0.25, 0.3) is 0 Å². The maximum absolute atomic E-state index is 8.50. The van der Waals surface area contributed by atoms with E-state index in [1.165, 1.54) is 88.2 Å². The molecule has 0 spiro atoms. The van der Waals surface area contributed by atoms with E-state index in [9.17, 15) is 0 Å². The summed E-state index contributed by atoms with van der Waals surface area (Å²) in [6.07, 6.45) is 23.7. The molecule has 0 N–H and O–H groups in total. The fourth-order valence-corrected chi connectivity index (χ4v) is 4.17. The number of hydrogen-bond acceptors (Lipinski definition) is 1. The fourth-order valence-electron chi connectivity index (χ4n) is 4.17. The second-order valence-electron chi connectivity index (χ2n) is 8.17. The summed E-state index contributed by atoms with van der Waals surface area (Å²) in [6.45, 7) is 2.28. The molecule has 1 nitrogen and oxygen atoms in total. The molecule has 0 aromatic heterocycles. The van der Waals surface area contributed by atoms with Crippen molar-refractivity contribution in [2.75, 3.05) is 0 Å². The summed E-state index contributed by atoms with van der Waals surface area (Å²) < 4.78 is 0. The molecule has 1 aromatic carbocycles. The SMILES string of the molecule is CCCCCCCc1ccc(CC[C@H]2CC[C@H](/C=C/C=C/C#N)CC2)cc1. The van der Waals surface area contributed by atoms with E-state index in [0.717, 1.165) is 5.92 Å². The van der Waals surface area contributed by atoms with E-state index < -0.39 is 0 Å². The Morgan fingerprint density at radius 2 is 1.56 bits per heavy atom. The molecule has 0 saturated heterocycles. The van der Waals surface area contributed by atoms with Crippen LogP contribution in [0.1, 0.15) is 82.3 Å². The van der Waals surface area contributed by atoms with Crippen LogP contribution in [0.5, 0.6) is 0 Å². The molecule has 0 radical (unpaired) electrons. The van der Waals surface area contributed by atoms with Crippen LogP contribution >= 0.6 is 0 Å². The lowest BCUT2D eigenvalue weighted by Crippen LogP contribution is -2.13. The Bertz CT molecular complexity index is 594. The predicted octanol–water partition coefficient (Wildman–Crippen LogP) is 7.57. The number of allylic oxidation sites excluding steroid dienone is 4. The lowest BCUT2D eigenvalue weighted by molar-refractivity contribution is 0.296. The Hall–Kier alpha value is -1.81. The number of unbranched alkanes of at least 4 members (excludes halogenated alkanes) is 4. The highest BCUT2D eigenvalue weighted by Gasteiger charge is 2.19. The van der Waals surface area contributed by atoms with Crippen molar-refractivity contribution in [2.24, 2.45) is 11.8 Å². The van der Waals surface area contributed by atoms with Crippen molar-refractivity contribution in [1.29, 1.82) is 5.26 Å². The number of rotatable bonds is 11. The molecule has 0 bridgehead atoms. The van der Waals surface area contributed by atoms with Gasteiger partial charge in [-0.1, -0.05) is 75.1 Å². The third-order valence-electron chi connectivity index (χ3n) is 5.99. The summed E-state index contributed by atoms with van der Waals surface area (Å²) in [5, 5.41) is 8.50. The van der Waals surface area contributed by atoms with Crippen molar-refractivity contribution in [1.82, 2.24) is 0 Å². The molecule has 27 heavy (non-hydrogen) atoms. The average molecular weight is 364 g/mol. The van der Waals surface area contributed by atoms with Crippen LogP contribution < -0.4 is 0 Å². The number of hydrogen-bond donors (Lipinski definition) is 0. The topological polar surface area (TPSA) is 23.8 Å². The zero-order chi connectivity index (χ0) is 19.2. The predicted molar refractivity (Wildman–Crippen MR) is 117 cm³/mol. The molecule has 1 saturated carbocycles. The van der Waals surface area contributed by atoms with E-state index in [0.29, 0.717) is 5.92 Å². The Morgan fingerprint density at radius 1 is 0.889 bits per heavy atom. The number of benzene rings is 1. The summed E-state index contributed by atoms with van der Waals surface area (Å²) in [5.74, 6) is 1.60. The van der Waals surface area contributed by atoms with Crippen LogP contribution in [0.3, 0.4) is 0 Å². The maximum atomic E-state index is 8.50. The minimum Gasteiger partial charge on any atom is -0.193 e. The summed E-state index contributed by atoms with van der Waals surface area (Å²) in [7, 11) is 0. The first kappa shape index (κ1) is 21.5. The lowest BCUT2D eigenvalue weighted by Gasteiger charge is -2.26. The van der Waals surface area contributed by atoms with Crippen LogP contribution in [-0.2, 0) is 12.8 Å². The van der Waals surface area contributed by atoms with Gasteiger partial charge in [-0.3, -0.25) is 0 Å². The van der Waals surface area contributed by atoms with Crippen molar-refractivity contribution in [3.8, 4) is 6.07 Å². The van der Waals surface area contributed by atoms with Crippen LogP contribution in [0.4, 0.5) is 0 Å². The minimum atomic E-state index is 0.709. The third kappa shape index (κ3) is 9.09. The van der Waals surface area contributed by atoms with Gasteiger partial charge >= 0.3 is 0 Å². The number of nitriles is 1. The monoisotopic (exact) mass is 363 g/mol. The zero-order valence-corrected chi connectivity index (χ0v) is 17.2. The summed E-state index contributed by atoms with van der Waals surface area (Å²) >= 11 is 0. The highest BCUT2D eigenvalue weighted by Crippen LogP contribution is 2.32. The molecule has 0 atom stereocenters. The van der Waals surface area contributed by atoms with Gasteiger partial charge in [0.1, 0.15) is 0 Å². The Morgan fingerprint density at radius 3 is 2.22 bits per heavy atom. The third-order valence-corrected chi connectivity index (χ3v) is 5.99. The van der Waals surface area contributed by atoms with Gasteiger partial charge in [0.15, 0.2) is 0 Å². The van der Waals surface area contributed by atoms with Gasteiger partial charge in [0.05, 0.1) is 6.07 Å². The molecular weight excluding hydrogens is 326 g/mol. The van der Waals surface area contributed by atoms with E-state index in [2.05, 4.69) is 37.3 Å². The normalized spacial score (nSPS) is 20.3. The van der Waals surface area contributed by atoms with Gasteiger partial charge in [-0.15, -0.1) is 0 Å². The molecule has 1 aliphatic rings. The second-order valence-corrected chi connectivity index (χ2v) is 8.17. The van der Waals surface area contributed by atoms with Crippen molar-refractivity contribution < 1.29 is 0 Å². The van der Waals surface area contributed by atoms with Gasteiger partial charge in [-0.25, -0.2) is 0 Å². The molecule has 1 heteroatoms. The standard InChI is InChI=1S/C26H37N/c1-2-3-4-5-7-10-23-12-16-25(17-13-23)20-21-26-18-14-24(15-19-26)11-8-6-9-22-27/h6,8-9,11-13,16-17,24,26H,2-5,7,10,14-15,18-21H2,1H3/b9-6+,11-8+/t24-,26-. The van der Waals surface area contributed by atoms with Crippen LogP contribution in [0.15, 0.2) is 48.6 Å². The van der Waals surface area contributed by atoms with Crippen LogP contribution in [0.25, 0.3) is 0 Å². The summed E-state index contributed by atoms with van der Waals surface area (Å²) in [4.78, 5) is 0. The van der Waals surface area contributed by atoms with Crippen LogP contribution in [0.2, 0.25) is 0 Å². The summed E-state index contributed by atoms with van der Waals surface area (Å²) in [6, 6.07) is 11.5. The average Bonchev–Trinajstić information content (AvgIpc) is 2.71. The molecule has 2 rings (SSSR count). The molecule has 146 valence electrons. The molecule has 0 amide bonds. The van der Waals surface area contributed by atoms with Gasteiger partial charge in [-0.2, -0.15) is 5.26 Å². The molecule has 1 aliphatic carbocycles. The van der Waals surface area contributed by atoms with Gasteiger partial charge in [0.2, 0.25) is 0 Å². The number of nitrogens with zero attached hydrogens (tertiary/aromatic N) is 1. The van der Waals surface area contributed by atoms with Gasteiger partial charge < -0.3 is 0 Å². The highest BCUT2D eigenvalue weighted by molar-refractivity contribution is 5.22. The minimum absolute atomic E-state index is 0.709. The van der Waals surface area contributed by atoms with Gasteiger partial charge in [-0.05, 0) is 74.3 Å². The molecular formula is C26H37N. The van der Waals surface area contributed by atoms with Crippen LogP contribution in [0, 0.1) is 23.2 Å². The fraction of sp³-hybridized carbons (Fsp3) is 0.577. The molecule has 0 aliphatic heterocycles. The maximum Gasteiger partial charge on any atom is 0.0912 e. The lowest BCUT2D eigenvalue weighted by atomic mass is 9.79. The molecule has 1 aromatic rings. The van der Waals surface area contributed by atoms with Crippen molar-refractivity contribution in [2.45, 2.75) is 84.0 Å². The van der Waals surface area contributed by atoms with Crippen molar-refractivity contribution >= 4 is 0 Å². The molecule has 1 fully saturated rings. The van der Waals surface area contributed by atoms with E-state index in [4.69, 9.17) is 5.26 Å². The van der Waals surface area contributed by atoms with Crippen molar-refractivity contribution in [3.63, 3.8) is 0 Å². The van der Waals surface area contributed by atoms with Gasteiger partial charge in [0, 0.05) is 6.08 Å². The largest absolute Gasteiger partial charge is 0.193 e. The summed E-state index contributed by atoms with van der Waals surface area (Å²) in [5.41, 5.74) is 3.02. The Labute approximate surface area is 167 Å². The second kappa shape index (κ2) is 13.4. The van der Waals surface area contributed by atoms with Crippen LogP contribution in [-0.4, -0.2) is 0 Å². The van der Waals surface area contributed by atoms with Crippen molar-refractivity contribution in [3.05, 3.63) is 59.7 Å². The van der Waals surface area contributed by atoms with E-state index in [-0.39, 0.29) is 0 Å². The first-order valence-electron chi connectivity index (χ1n) is 11.1. The first-order valence-corrected chi connectivity index (χ1v) is 11.1. The number of aryl methyl sites for hydroxylation is 2. The molecule has 0 unspecified atom stereocenters. The zero-order valence-electron chi connectivity index (χ0n) is 17.2. The quantitative estimate of drug-likeness (QED) is 0.226.